The maximum Gasteiger partial charge on any atom is 0.197 e. The van der Waals surface area contributed by atoms with E-state index in [1.54, 1.807) is 46.8 Å². The molecule has 0 N–H and O–H groups in total. The third-order valence-electron chi connectivity index (χ3n) is 4.46. The first-order valence-corrected chi connectivity index (χ1v) is 11.6. The highest BCUT2D eigenvalue weighted by Crippen LogP contribution is 2.41. The third-order valence-corrected chi connectivity index (χ3v) is 7.21. The van der Waals surface area contributed by atoms with E-state index in [1.165, 1.54) is 10.4 Å². The van der Waals surface area contributed by atoms with Gasteiger partial charge in [0.2, 0.25) is 0 Å². The third kappa shape index (κ3) is 3.35. The van der Waals surface area contributed by atoms with Gasteiger partial charge in [-0.2, -0.15) is 0 Å². The van der Waals surface area contributed by atoms with E-state index in [0.717, 1.165) is 44.2 Å². The average Bonchev–Trinajstić information content (AvgIpc) is 3.47. The Kier molecular flexibility index (Phi) is 4.86. The van der Waals surface area contributed by atoms with Crippen LogP contribution in [-0.2, 0) is 6.54 Å². The van der Waals surface area contributed by atoms with Crippen LogP contribution in [0.1, 0.15) is 12.7 Å². The van der Waals surface area contributed by atoms with Crippen molar-refractivity contribution in [1.82, 2.24) is 29.7 Å². The molecule has 0 saturated carbocycles. The number of rotatable bonds is 5. The zero-order valence-corrected chi connectivity index (χ0v) is 18.2. The Hall–Kier alpha value is -2.62. The van der Waals surface area contributed by atoms with Gasteiger partial charge in [-0.25, -0.2) is 9.97 Å². The predicted molar refractivity (Wildman–Crippen MR) is 119 cm³/mol. The second-order valence-electron chi connectivity index (χ2n) is 6.27. The number of aromatic nitrogens is 6. The van der Waals surface area contributed by atoms with Gasteiger partial charge in [0.25, 0.3) is 0 Å². The number of fused-ring (bicyclic) bond motifs is 1. The van der Waals surface area contributed by atoms with E-state index in [2.05, 4.69) is 54.5 Å². The van der Waals surface area contributed by atoms with Gasteiger partial charge in [-0.05, 0) is 49.2 Å². The molecule has 0 aliphatic carbocycles. The summed E-state index contributed by atoms with van der Waals surface area (Å²) in [5.41, 5.74) is 2.18. The van der Waals surface area contributed by atoms with Crippen LogP contribution in [0.5, 0.6) is 0 Å². The standard InChI is InChI=1S/C20H16N6S3/c1-3-26-17(13-6-8-21-9-7-13)24-25-20(26)29-19-16-14(15-5-4-10-27-15)11-28-18(16)22-12(2)23-19/h4-11H,3H2,1-2H3. The summed E-state index contributed by atoms with van der Waals surface area (Å²) in [5, 5.41) is 16.0. The van der Waals surface area contributed by atoms with Crippen LogP contribution >= 0.6 is 34.4 Å². The van der Waals surface area contributed by atoms with Crippen LogP contribution in [0.2, 0.25) is 0 Å². The van der Waals surface area contributed by atoms with Gasteiger partial charge >= 0.3 is 0 Å². The molecule has 0 spiro atoms. The molecule has 5 aromatic rings. The minimum absolute atomic E-state index is 0.761. The molecule has 0 unspecified atom stereocenters. The van der Waals surface area contributed by atoms with Gasteiger partial charge in [0.15, 0.2) is 11.0 Å². The maximum atomic E-state index is 4.77. The molecule has 0 saturated heterocycles. The van der Waals surface area contributed by atoms with Crippen LogP contribution in [0.3, 0.4) is 0 Å². The molecule has 0 aliphatic heterocycles. The van der Waals surface area contributed by atoms with E-state index in [-0.39, 0.29) is 0 Å². The Balaban J connectivity index is 1.63. The monoisotopic (exact) mass is 436 g/mol. The van der Waals surface area contributed by atoms with Gasteiger partial charge in [-0.15, -0.1) is 32.9 Å². The van der Waals surface area contributed by atoms with Crippen LogP contribution in [0.15, 0.2) is 57.6 Å². The fourth-order valence-electron chi connectivity index (χ4n) is 3.15. The summed E-state index contributed by atoms with van der Waals surface area (Å²) >= 11 is 4.93. The van der Waals surface area contributed by atoms with E-state index >= 15 is 0 Å². The molecular formula is C20H16N6S3. The molecule has 6 nitrogen and oxygen atoms in total. The topological polar surface area (TPSA) is 69.4 Å². The van der Waals surface area contributed by atoms with E-state index in [1.807, 2.05) is 19.1 Å². The largest absolute Gasteiger partial charge is 0.302 e. The Bertz CT molecular complexity index is 1270. The summed E-state index contributed by atoms with van der Waals surface area (Å²) in [5.74, 6) is 1.60. The lowest BCUT2D eigenvalue weighted by Crippen LogP contribution is -2.00. The van der Waals surface area contributed by atoms with Crippen molar-refractivity contribution in [1.29, 1.82) is 0 Å². The quantitative estimate of drug-likeness (QED) is 0.336. The number of nitrogens with zero attached hydrogens (tertiary/aromatic N) is 6. The Labute approximate surface area is 179 Å². The SMILES string of the molecule is CCn1c(Sc2nc(C)nc3scc(-c4cccs4)c23)nnc1-c1ccncc1. The van der Waals surface area contributed by atoms with Gasteiger partial charge < -0.3 is 4.57 Å². The number of pyridine rings is 1. The van der Waals surface area contributed by atoms with Gasteiger partial charge in [-0.3, -0.25) is 4.98 Å². The predicted octanol–water partition coefficient (Wildman–Crippen LogP) is 5.55. The van der Waals surface area contributed by atoms with Crippen LogP contribution in [0.4, 0.5) is 0 Å². The fourth-order valence-corrected chi connectivity index (χ4v) is 6.09. The van der Waals surface area contributed by atoms with Gasteiger partial charge in [0.1, 0.15) is 15.7 Å². The van der Waals surface area contributed by atoms with Gasteiger partial charge in [-0.1, -0.05) is 6.07 Å². The van der Waals surface area contributed by atoms with Crippen LogP contribution in [0, 0.1) is 6.92 Å². The minimum Gasteiger partial charge on any atom is -0.302 e. The lowest BCUT2D eigenvalue weighted by molar-refractivity contribution is 0.687. The summed E-state index contributed by atoms with van der Waals surface area (Å²) < 4.78 is 2.11. The highest BCUT2D eigenvalue weighted by Gasteiger charge is 2.20. The van der Waals surface area contributed by atoms with Crippen molar-refractivity contribution in [2.45, 2.75) is 30.6 Å². The number of hydrogen-bond donors (Lipinski definition) is 0. The number of hydrogen-bond acceptors (Lipinski definition) is 8. The van der Waals surface area contributed by atoms with Crippen molar-refractivity contribution in [3.63, 3.8) is 0 Å². The maximum absolute atomic E-state index is 4.77. The van der Waals surface area contributed by atoms with E-state index in [4.69, 9.17) is 4.98 Å². The van der Waals surface area contributed by atoms with Crippen molar-refractivity contribution < 1.29 is 0 Å². The molecule has 5 rings (SSSR count). The Morgan fingerprint density at radius 1 is 1.07 bits per heavy atom. The first-order chi connectivity index (χ1) is 14.2. The number of thiophene rings is 2. The van der Waals surface area contributed by atoms with Crippen molar-refractivity contribution >= 4 is 44.7 Å². The molecule has 0 aliphatic rings. The van der Waals surface area contributed by atoms with Crippen molar-refractivity contribution in [2.24, 2.45) is 0 Å². The van der Waals surface area contributed by atoms with E-state index in [0.29, 0.717) is 0 Å². The fraction of sp³-hybridized carbons (Fsp3) is 0.150. The van der Waals surface area contributed by atoms with E-state index in [9.17, 15) is 0 Å². The molecule has 0 amide bonds. The summed E-state index contributed by atoms with van der Waals surface area (Å²) in [6.07, 6.45) is 3.54. The lowest BCUT2D eigenvalue weighted by Gasteiger charge is -2.08. The first-order valence-electron chi connectivity index (χ1n) is 9.05. The van der Waals surface area contributed by atoms with Gasteiger partial charge in [0.05, 0.1) is 5.39 Å². The summed E-state index contributed by atoms with van der Waals surface area (Å²) in [6, 6.07) is 8.10. The first kappa shape index (κ1) is 18.4. The molecule has 0 atom stereocenters. The van der Waals surface area contributed by atoms with Crippen molar-refractivity contribution in [3.8, 4) is 21.8 Å². The highest BCUT2D eigenvalue weighted by atomic mass is 32.2. The average molecular weight is 437 g/mol. The Morgan fingerprint density at radius 3 is 2.69 bits per heavy atom. The summed E-state index contributed by atoms with van der Waals surface area (Å²) in [7, 11) is 0. The second-order valence-corrected chi connectivity index (χ2v) is 9.03. The van der Waals surface area contributed by atoms with E-state index < -0.39 is 0 Å². The Morgan fingerprint density at radius 2 is 1.93 bits per heavy atom. The van der Waals surface area contributed by atoms with Crippen LogP contribution < -0.4 is 0 Å². The van der Waals surface area contributed by atoms with Crippen LogP contribution in [-0.4, -0.2) is 29.7 Å². The highest BCUT2D eigenvalue weighted by molar-refractivity contribution is 7.99. The molecule has 0 bridgehead atoms. The molecule has 144 valence electrons. The molecular weight excluding hydrogens is 420 g/mol. The molecule has 5 heterocycles. The molecule has 0 fully saturated rings. The molecule has 29 heavy (non-hydrogen) atoms. The summed E-state index contributed by atoms with van der Waals surface area (Å²) in [4.78, 5) is 15.7. The summed E-state index contributed by atoms with van der Waals surface area (Å²) in [6.45, 7) is 4.79. The lowest BCUT2D eigenvalue weighted by atomic mass is 10.2. The molecule has 0 aromatic carbocycles. The molecule has 9 heteroatoms. The smallest absolute Gasteiger partial charge is 0.197 e. The van der Waals surface area contributed by atoms with Gasteiger partial charge in [0, 0.05) is 40.3 Å². The second kappa shape index (κ2) is 7.66. The van der Waals surface area contributed by atoms with Crippen LogP contribution in [0.25, 0.3) is 32.0 Å². The number of aryl methyl sites for hydroxylation is 1. The normalized spacial score (nSPS) is 11.4. The molecule has 5 aromatic heterocycles. The molecule has 0 radical (unpaired) electrons. The van der Waals surface area contributed by atoms with Crippen molar-refractivity contribution in [3.05, 3.63) is 53.2 Å². The zero-order valence-electron chi connectivity index (χ0n) is 15.7. The zero-order chi connectivity index (χ0) is 19.8. The minimum atomic E-state index is 0.761. The van der Waals surface area contributed by atoms with Crippen molar-refractivity contribution in [2.75, 3.05) is 0 Å².